The van der Waals surface area contributed by atoms with E-state index in [-0.39, 0.29) is 16.5 Å². The molecule has 1 fully saturated rings. The number of carbonyl (C=O) groups excluding carboxylic acids is 1. The monoisotopic (exact) mass is 467 g/mol. The molecular formula is C25H26FN3O3S. The van der Waals surface area contributed by atoms with E-state index >= 15 is 0 Å². The van der Waals surface area contributed by atoms with Crippen molar-refractivity contribution >= 4 is 27.3 Å². The van der Waals surface area contributed by atoms with Gasteiger partial charge in [0, 0.05) is 37.4 Å². The summed E-state index contributed by atoms with van der Waals surface area (Å²) in [4.78, 5) is 17.2. The first-order valence-electron chi connectivity index (χ1n) is 10.7. The number of hydrogen-bond donors (Lipinski definition) is 1. The lowest BCUT2D eigenvalue weighted by atomic mass is 10.1. The van der Waals surface area contributed by atoms with E-state index in [2.05, 4.69) is 28.7 Å². The molecule has 1 amide bonds. The zero-order chi connectivity index (χ0) is 23.6. The van der Waals surface area contributed by atoms with Crippen LogP contribution in [0.25, 0.3) is 0 Å². The molecule has 0 aromatic heterocycles. The van der Waals surface area contributed by atoms with Crippen LogP contribution in [0.3, 0.4) is 0 Å². The lowest BCUT2D eigenvalue weighted by Crippen LogP contribution is -2.49. The standard InChI is InChI=1S/C25H26FN3O3S/c1-18-11-12-20(33(31,32)27-23-9-5-4-8-22(23)26)17-21(18)25(30)29-15-13-28(14-16-29)24-10-6-3-7-19(24)2/h3-12,17,27H,13-16H2,1-2H3. The maximum absolute atomic E-state index is 13.9. The van der Waals surface area contributed by atoms with Crippen molar-refractivity contribution in [2.75, 3.05) is 35.8 Å². The van der Waals surface area contributed by atoms with Gasteiger partial charge in [-0.1, -0.05) is 36.4 Å². The topological polar surface area (TPSA) is 69.7 Å². The lowest BCUT2D eigenvalue weighted by Gasteiger charge is -2.37. The molecule has 3 aromatic rings. The molecular weight excluding hydrogens is 441 g/mol. The summed E-state index contributed by atoms with van der Waals surface area (Å²) in [5, 5.41) is 0. The van der Waals surface area contributed by atoms with E-state index in [9.17, 15) is 17.6 Å². The molecule has 1 saturated heterocycles. The van der Waals surface area contributed by atoms with Gasteiger partial charge in [0.1, 0.15) is 5.82 Å². The largest absolute Gasteiger partial charge is 0.368 e. The Hall–Kier alpha value is -3.39. The average Bonchev–Trinajstić information content (AvgIpc) is 2.81. The van der Waals surface area contributed by atoms with E-state index < -0.39 is 15.8 Å². The van der Waals surface area contributed by atoms with Gasteiger partial charge < -0.3 is 9.80 Å². The first kappa shape index (κ1) is 22.8. The Morgan fingerprint density at radius 1 is 0.879 bits per heavy atom. The van der Waals surface area contributed by atoms with Crippen LogP contribution < -0.4 is 9.62 Å². The molecule has 0 bridgehead atoms. The molecule has 3 aromatic carbocycles. The highest BCUT2D eigenvalue weighted by molar-refractivity contribution is 7.92. The van der Waals surface area contributed by atoms with Crippen molar-refractivity contribution in [3.63, 3.8) is 0 Å². The summed E-state index contributed by atoms with van der Waals surface area (Å²) in [5.41, 5.74) is 3.22. The van der Waals surface area contributed by atoms with Gasteiger partial charge in [-0.2, -0.15) is 0 Å². The van der Waals surface area contributed by atoms with Crippen LogP contribution in [0.4, 0.5) is 15.8 Å². The maximum Gasteiger partial charge on any atom is 0.262 e. The molecule has 0 saturated carbocycles. The van der Waals surface area contributed by atoms with Gasteiger partial charge in [-0.25, -0.2) is 12.8 Å². The number of aryl methyl sites for hydroxylation is 2. The van der Waals surface area contributed by atoms with Crippen LogP contribution in [-0.4, -0.2) is 45.4 Å². The van der Waals surface area contributed by atoms with Crippen molar-refractivity contribution in [3.05, 3.63) is 89.2 Å². The fourth-order valence-corrected chi connectivity index (χ4v) is 5.08. The van der Waals surface area contributed by atoms with Gasteiger partial charge in [0.2, 0.25) is 0 Å². The molecule has 6 nitrogen and oxygen atoms in total. The summed E-state index contributed by atoms with van der Waals surface area (Å²) in [6.45, 7) is 6.31. The maximum atomic E-state index is 13.9. The van der Waals surface area contributed by atoms with E-state index in [1.165, 1.54) is 35.9 Å². The van der Waals surface area contributed by atoms with Crippen LogP contribution in [-0.2, 0) is 10.0 Å². The number of anilines is 2. The molecule has 33 heavy (non-hydrogen) atoms. The Labute approximate surface area is 193 Å². The average molecular weight is 468 g/mol. The third-order valence-electron chi connectivity index (χ3n) is 5.89. The Balaban J connectivity index is 1.51. The Morgan fingerprint density at radius 3 is 2.24 bits per heavy atom. The number of halogens is 1. The van der Waals surface area contributed by atoms with Gasteiger partial charge in [-0.05, 0) is 55.3 Å². The Bertz CT molecular complexity index is 1290. The normalized spacial score (nSPS) is 14.3. The zero-order valence-electron chi connectivity index (χ0n) is 18.6. The molecule has 0 spiro atoms. The van der Waals surface area contributed by atoms with Crippen molar-refractivity contribution < 1.29 is 17.6 Å². The fourth-order valence-electron chi connectivity index (χ4n) is 3.99. The van der Waals surface area contributed by atoms with Crippen LogP contribution in [0.1, 0.15) is 21.5 Å². The summed E-state index contributed by atoms with van der Waals surface area (Å²) in [7, 11) is -4.06. The summed E-state index contributed by atoms with van der Waals surface area (Å²) in [5.74, 6) is -0.879. The number of carbonyl (C=O) groups is 1. The van der Waals surface area contributed by atoms with Crippen molar-refractivity contribution in [1.29, 1.82) is 0 Å². The molecule has 1 N–H and O–H groups in total. The molecule has 1 aliphatic rings. The number of sulfonamides is 1. The third kappa shape index (κ3) is 4.85. The van der Waals surface area contributed by atoms with Crippen LogP contribution in [0.15, 0.2) is 71.6 Å². The second-order valence-electron chi connectivity index (χ2n) is 8.13. The first-order valence-corrected chi connectivity index (χ1v) is 12.2. The molecule has 0 aliphatic carbocycles. The summed E-state index contributed by atoms with van der Waals surface area (Å²) in [6, 6.07) is 18.1. The van der Waals surface area contributed by atoms with Crippen LogP contribution in [0.2, 0.25) is 0 Å². The fraction of sp³-hybridized carbons (Fsp3) is 0.240. The van der Waals surface area contributed by atoms with Crippen molar-refractivity contribution in [1.82, 2.24) is 4.90 Å². The minimum atomic E-state index is -4.06. The predicted molar refractivity (Wildman–Crippen MR) is 128 cm³/mol. The first-order chi connectivity index (χ1) is 15.8. The van der Waals surface area contributed by atoms with Crippen molar-refractivity contribution in [2.24, 2.45) is 0 Å². The van der Waals surface area contributed by atoms with Gasteiger partial charge in [0.25, 0.3) is 15.9 Å². The van der Waals surface area contributed by atoms with E-state index in [0.29, 0.717) is 37.3 Å². The van der Waals surface area contributed by atoms with E-state index in [1.807, 2.05) is 12.1 Å². The van der Waals surface area contributed by atoms with Gasteiger partial charge >= 0.3 is 0 Å². The molecule has 8 heteroatoms. The molecule has 172 valence electrons. The molecule has 1 aliphatic heterocycles. The van der Waals surface area contributed by atoms with E-state index in [0.717, 1.165) is 5.69 Å². The van der Waals surface area contributed by atoms with Crippen LogP contribution in [0, 0.1) is 19.7 Å². The molecule has 0 unspecified atom stereocenters. The zero-order valence-corrected chi connectivity index (χ0v) is 19.4. The van der Waals surface area contributed by atoms with Gasteiger partial charge in [-0.3, -0.25) is 9.52 Å². The minimum absolute atomic E-state index is 0.0850. The van der Waals surface area contributed by atoms with E-state index in [4.69, 9.17) is 0 Å². The molecule has 1 heterocycles. The second-order valence-corrected chi connectivity index (χ2v) is 9.81. The number of piperazine rings is 1. The van der Waals surface area contributed by atoms with Crippen LogP contribution >= 0.6 is 0 Å². The predicted octanol–water partition coefficient (Wildman–Crippen LogP) is 4.21. The summed E-state index contributed by atoms with van der Waals surface area (Å²) >= 11 is 0. The molecule has 4 rings (SSSR count). The Morgan fingerprint density at radius 2 is 1.55 bits per heavy atom. The molecule has 0 radical (unpaired) electrons. The van der Waals surface area contributed by atoms with E-state index in [1.54, 1.807) is 24.0 Å². The number of amides is 1. The highest BCUT2D eigenvalue weighted by Gasteiger charge is 2.26. The quantitative estimate of drug-likeness (QED) is 0.611. The number of benzene rings is 3. The lowest BCUT2D eigenvalue weighted by molar-refractivity contribution is 0.0746. The SMILES string of the molecule is Cc1ccc(S(=O)(=O)Nc2ccccc2F)cc1C(=O)N1CCN(c2ccccc2C)CC1. The number of nitrogens with one attached hydrogen (secondary N) is 1. The second kappa shape index (κ2) is 9.23. The van der Waals surface area contributed by atoms with Gasteiger partial charge in [0.15, 0.2) is 0 Å². The highest BCUT2D eigenvalue weighted by Crippen LogP contribution is 2.24. The minimum Gasteiger partial charge on any atom is -0.368 e. The van der Waals surface area contributed by atoms with Gasteiger partial charge in [0.05, 0.1) is 10.6 Å². The van der Waals surface area contributed by atoms with Crippen molar-refractivity contribution in [3.8, 4) is 0 Å². The number of nitrogens with zero attached hydrogens (tertiary/aromatic N) is 2. The summed E-state index contributed by atoms with van der Waals surface area (Å²) < 4.78 is 41.9. The smallest absolute Gasteiger partial charge is 0.262 e. The highest BCUT2D eigenvalue weighted by atomic mass is 32.2. The van der Waals surface area contributed by atoms with Crippen LogP contribution in [0.5, 0.6) is 0 Å². The summed E-state index contributed by atoms with van der Waals surface area (Å²) in [6.07, 6.45) is 0. The third-order valence-corrected chi connectivity index (χ3v) is 7.25. The van der Waals surface area contributed by atoms with Gasteiger partial charge in [-0.15, -0.1) is 0 Å². The Kier molecular flexibility index (Phi) is 6.37. The number of hydrogen-bond acceptors (Lipinski definition) is 4. The molecule has 0 atom stereocenters. The number of para-hydroxylation sites is 2. The number of rotatable bonds is 5. The van der Waals surface area contributed by atoms with Crippen molar-refractivity contribution in [2.45, 2.75) is 18.7 Å².